The number of carbonyl (C=O) groups excluding carboxylic acids is 3. The fourth-order valence-electron chi connectivity index (χ4n) is 12.0. The molecule has 27 nitrogen and oxygen atoms in total. The van der Waals surface area contributed by atoms with Gasteiger partial charge in [-0.15, -0.1) is 0 Å². The second-order valence-corrected chi connectivity index (χ2v) is 22.7. The number of aliphatic hydroxyl groups is 3. The number of methoxy groups -OCH3 is 3. The number of aliphatic hydroxyl groups excluding tert-OH is 3. The minimum absolute atomic E-state index is 0.00485. The van der Waals surface area contributed by atoms with Crippen LogP contribution in [0.15, 0.2) is 91.8 Å². The summed E-state index contributed by atoms with van der Waals surface area (Å²) in [7, 11) is 10.0. The average molecular weight is 1230 g/mol. The van der Waals surface area contributed by atoms with Gasteiger partial charge in [-0.05, 0) is 112 Å². The van der Waals surface area contributed by atoms with E-state index in [0.29, 0.717) is 142 Å². The Morgan fingerprint density at radius 2 is 0.756 bits per heavy atom. The van der Waals surface area contributed by atoms with Crippen LogP contribution in [0.5, 0.6) is 17.6 Å². The van der Waals surface area contributed by atoms with Crippen molar-refractivity contribution in [3.05, 3.63) is 108 Å². The van der Waals surface area contributed by atoms with Gasteiger partial charge >= 0.3 is 0 Å². The van der Waals surface area contributed by atoms with Crippen molar-refractivity contribution in [3.8, 4) is 17.6 Å². The number of hydrogen-bond acceptors (Lipinski definition) is 24. The van der Waals surface area contributed by atoms with Crippen LogP contribution in [-0.4, -0.2) is 152 Å². The van der Waals surface area contributed by atoms with E-state index in [-0.39, 0.29) is 53.4 Å². The Labute approximate surface area is 519 Å². The van der Waals surface area contributed by atoms with Crippen molar-refractivity contribution in [3.63, 3.8) is 0 Å². The number of ether oxygens (including phenoxy) is 3. The molecule has 9 heterocycles. The minimum atomic E-state index is -0.306. The van der Waals surface area contributed by atoms with E-state index in [1.165, 1.54) is 0 Å². The van der Waals surface area contributed by atoms with Gasteiger partial charge in [0, 0.05) is 77.2 Å². The van der Waals surface area contributed by atoms with Crippen molar-refractivity contribution in [2.45, 2.75) is 115 Å². The van der Waals surface area contributed by atoms with Crippen molar-refractivity contribution >= 4 is 86.3 Å². The quantitative estimate of drug-likeness (QED) is 0.0303. The summed E-state index contributed by atoms with van der Waals surface area (Å²) < 4.78 is 20.7. The second kappa shape index (κ2) is 29.6. The molecular formula is C63H78N18O9. The first kappa shape index (κ1) is 63.4. The van der Waals surface area contributed by atoms with Crippen LogP contribution >= 0.6 is 0 Å². The molecule has 27 heteroatoms. The van der Waals surface area contributed by atoms with Crippen LogP contribution in [0.4, 0.5) is 52.0 Å². The van der Waals surface area contributed by atoms with E-state index in [9.17, 15) is 29.7 Å². The van der Waals surface area contributed by atoms with Gasteiger partial charge in [0.2, 0.25) is 17.6 Å². The number of nitrogens with zero attached hydrogens (tertiary/aromatic N) is 12. The molecule has 6 atom stereocenters. The molecule has 0 radical (unpaired) electrons. The normalized spacial score (nSPS) is 18.9. The van der Waals surface area contributed by atoms with Crippen molar-refractivity contribution in [2.24, 2.45) is 17.8 Å². The van der Waals surface area contributed by atoms with Gasteiger partial charge in [0.1, 0.15) is 52.0 Å². The lowest BCUT2D eigenvalue weighted by molar-refractivity contribution is 0.0813. The molecule has 0 aromatic carbocycles. The number of hydrogen-bond donors (Lipinski definition) is 9. The zero-order chi connectivity index (χ0) is 63.3. The summed E-state index contributed by atoms with van der Waals surface area (Å²) in [6.45, 7) is 0. The van der Waals surface area contributed by atoms with Gasteiger partial charge in [-0.25, -0.2) is 29.9 Å². The lowest BCUT2D eigenvalue weighted by Gasteiger charge is -2.25. The molecule has 3 fully saturated rings. The number of fused-ring (bicyclic) bond motifs is 3. The zero-order valence-corrected chi connectivity index (χ0v) is 51.4. The highest BCUT2D eigenvalue weighted by atomic mass is 16.5. The molecule has 0 saturated heterocycles. The third-order valence-corrected chi connectivity index (χ3v) is 16.5. The fraction of sp³-hybridized carbons (Fsp3) is 0.429. The SMILES string of the molecule is CNc1cc(Nc2cccnc2OC)nc2c(C(=O)C[C@@H]3CCC[C@@H](O)C3)cnn12.CNc1cc(Nc2cccnc2OC)nc2c(C(=O)C[C@H]3CCC[C@H](O)C3)cnn12.CNc1cc(Nc2cccnc2OC)nc2c(C(=O)C[C@H]3CCC[C@H](O)C3)cnn12. The number of Topliss-reactive ketones (excluding diaryl/α,β-unsaturated/α-hetero) is 3. The molecule has 3 aliphatic carbocycles. The van der Waals surface area contributed by atoms with E-state index in [1.807, 2.05) is 18.2 Å². The van der Waals surface area contributed by atoms with E-state index < -0.39 is 0 Å². The molecule has 12 rings (SSSR count). The van der Waals surface area contributed by atoms with Gasteiger partial charge < -0.3 is 61.4 Å². The summed E-state index contributed by atoms with van der Waals surface area (Å²) in [5.41, 5.74) is 4.89. The molecule has 9 aromatic heterocycles. The van der Waals surface area contributed by atoms with Gasteiger partial charge in [0.15, 0.2) is 34.3 Å². The highest BCUT2D eigenvalue weighted by molar-refractivity contribution is 6.03. The lowest BCUT2D eigenvalue weighted by Crippen LogP contribution is -2.21. The molecule has 9 N–H and O–H groups in total. The van der Waals surface area contributed by atoms with Crippen LogP contribution < -0.4 is 46.1 Å². The first-order valence-corrected chi connectivity index (χ1v) is 30.4. The van der Waals surface area contributed by atoms with Crippen molar-refractivity contribution in [2.75, 3.05) is 74.4 Å². The first-order chi connectivity index (χ1) is 43.8. The number of pyridine rings is 3. The molecule has 9 aromatic rings. The molecule has 474 valence electrons. The van der Waals surface area contributed by atoms with Crippen LogP contribution in [0.2, 0.25) is 0 Å². The molecule has 0 unspecified atom stereocenters. The zero-order valence-electron chi connectivity index (χ0n) is 51.4. The predicted octanol–water partition coefficient (Wildman–Crippen LogP) is 9.13. The van der Waals surface area contributed by atoms with E-state index in [0.717, 1.165) is 57.8 Å². The summed E-state index contributed by atoms with van der Waals surface area (Å²) in [5.74, 6) is 5.62. The molecule has 0 amide bonds. The smallest absolute Gasteiger partial charge is 0.237 e. The molecular weight excluding hydrogens is 1150 g/mol. The summed E-state index contributed by atoms with van der Waals surface area (Å²) in [4.78, 5) is 65.5. The van der Waals surface area contributed by atoms with Crippen molar-refractivity contribution in [1.82, 2.24) is 58.7 Å². The summed E-state index contributed by atoms with van der Waals surface area (Å²) in [6.07, 6.45) is 20.2. The number of ketones is 3. The van der Waals surface area contributed by atoms with Crippen LogP contribution in [0.1, 0.15) is 127 Å². The molecule has 3 saturated carbocycles. The maximum atomic E-state index is 13.0. The van der Waals surface area contributed by atoms with Crippen LogP contribution in [-0.2, 0) is 0 Å². The summed E-state index contributed by atoms with van der Waals surface area (Å²) >= 11 is 0. The van der Waals surface area contributed by atoms with Crippen LogP contribution in [0, 0.1) is 17.8 Å². The first-order valence-electron chi connectivity index (χ1n) is 30.4. The van der Waals surface area contributed by atoms with Gasteiger partial charge in [-0.2, -0.15) is 28.8 Å². The molecule has 0 spiro atoms. The van der Waals surface area contributed by atoms with Gasteiger partial charge in [0.25, 0.3) is 0 Å². The number of carbonyl (C=O) groups is 3. The van der Waals surface area contributed by atoms with Crippen LogP contribution in [0.3, 0.4) is 0 Å². The highest BCUT2D eigenvalue weighted by Gasteiger charge is 2.29. The summed E-state index contributed by atoms with van der Waals surface area (Å²) in [6, 6.07) is 16.3. The third-order valence-electron chi connectivity index (χ3n) is 16.5. The maximum absolute atomic E-state index is 13.0. The largest absolute Gasteiger partial charge is 0.480 e. The fourth-order valence-corrected chi connectivity index (χ4v) is 12.0. The minimum Gasteiger partial charge on any atom is -0.480 e. The van der Waals surface area contributed by atoms with Gasteiger partial charge in [0.05, 0.1) is 74.9 Å². The van der Waals surface area contributed by atoms with Crippen molar-refractivity contribution < 1.29 is 43.9 Å². The Morgan fingerprint density at radius 3 is 1.01 bits per heavy atom. The monoisotopic (exact) mass is 1230 g/mol. The molecule has 0 bridgehead atoms. The van der Waals surface area contributed by atoms with Gasteiger partial charge in [-0.1, -0.05) is 19.3 Å². The summed E-state index contributed by atoms with van der Waals surface area (Å²) in [5, 5.41) is 61.7. The average Bonchev–Trinajstić information content (AvgIpc) is 1.79. The Morgan fingerprint density at radius 1 is 0.467 bits per heavy atom. The highest BCUT2D eigenvalue weighted by Crippen LogP contribution is 2.35. The molecule has 90 heavy (non-hydrogen) atoms. The lowest BCUT2D eigenvalue weighted by atomic mass is 9.83. The molecule has 0 aliphatic heterocycles. The number of anilines is 9. The van der Waals surface area contributed by atoms with E-state index in [4.69, 9.17) is 14.2 Å². The number of aromatic nitrogens is 12. The second-order valence-electron chi connectivity index (χ2n) is 22.7. The van der Waals surface area contributed by atoms with Crippen molar-refractivity contribution in [1.29, 1.82) is 0 Å². The van der Waals surface area contributed by atoms with Gasteiger partial charge in [-0.3, -0.25) is 14.4 Å². The Bertz CT molecular complexity index is 3550. The number of rotatable bonds is 21. The molecule has 3 aliphatic rings. The van der Waals surface area contributed by atoms with Crippen LogP contribution in [0.25, 0.3) is 16.9 Å². The Hall–Kier alpha value is -9.60. The Kier molecular flexibility index (Phi) is 20.9. The third kappa shape index (κ3) is 15.1. The maximum Gasteiger partial charge on any atom is 0.237 e. The Balaban J connectivity index is 0.000000148. The number of nitrogens with one attached hydrogen (secondary N) is 6. The topological polar surface area (TPSA) is 341 Å². The van der Waals surface area contributed by atoms with E-state index >= 15 is 0 Å². The van der Waals surface area contributed by atoms with E-state index in [1.54, 1.807) is 130 Å². The standard InChI is InChI=1S/3C21H26N6O3/c3*1-22-19-11-18(25-16-7-4-8-23-21(16)30-2)26-20-15(12-24-27(19)20)17(29)10-13-5-3-6-14(28)9-13/h3*4,7-8,11-14,22,28H,3,5-6,9-10H2,1-2H3,(H,25,26)/t3*13-,14-/m100/s1. The van der Waals surface area contributed by atoms with E-state index in [2.05, 4.69) is 77.1 Å². The predicted molar refractivity (Wildman–Crippen MR) is 341 cm³/mol.